The maximum Gasteiger partial charge on any atom is 0.0897 e. The maximum atomic E-state index is 4.47. The van der Waals surface area contributed by atoms with Gasteiger partial charge >= 0.3 is 0 Å². The number of nitrogens with zero attached hydrogens (tertiary/aromatic N) is 3. The van der Waals surface area contributed by atoms with Gasteiger partial charge in [0.25, 0.3) is 0 Å². The van der Waals surface area contributed by atoms with E-state index >= 15 is 0 Å². The highest BCUT2D eigenvalue weighted by molar-refractivity contribution is 7.09. The highest BCUT2D eigenvalue weighted by Crippen LogP contribution is 2.12. The van der Waals surface area contributed by atoms with Crippen molar-refractivity contribution in [3.63, 3.8) is 0 Å². The zero-order chi connectivity index (χ0) is 13.0. The summed E-state index contributed by atoms with van der Waals surface area (Å²) in [6.07, 6.45) is 1.84. The second kappa shape index (κ2) is 5.93. The molecule has 5 heteroatoms. The molecule has 0 aromatic carbocycles. The first-order valence-electron chi connectivity index (χ1n) is 5.89. The molecular weight excluding hydrogens is 244 g/mol. The number of anilines is 1. The summed E-state index contributed by atoms with van der Waals surface area (Å²) in [6.45, 7) is 3.72. The van der Waals surface area contributed by atoms with E-state index in [1.807, 2.05) is 26.2 Å². The van der Waals surface area contributed by atoms with Gasteiger partial charge in [0.2, 0.25) is 0 Å². The van der Waals surface area contributed by atoms with Gasteiger partial charge in [0, 0.05) is 37.4 Å². The fourth-order valence-electron chi connectivity index (χ4n) is 1.81. The molecule has 0 amide bonds. The monoisotopic (exact) mass is 262 g/mol. The van der Waals surface area contributed by atoms with Gasteiger partial charge in [-0.15, -0.1) is 11.3 Å². The lowest BCUT2D eigenvalue weighted by Crippen LogP contribution is -2.18. The standard InChI is InChI=1S/C13H18N4S/c1-10-16-13(9-18-10)8-17(3)7-12-6-11(14-2)4-5-15-12/h4-6,9H,7-8H2,1-3H3,(H,14,15). The molecule has 0 aliphatic carbocycles. The first kappa shape index (κ1) is 13.0. The highest BCUT2D eigenvalue weighted by atomic mass is 32.1. The van der Waals surface area contributed by atoms with E-state index in [9.17, 15) is 0 Å². The second-order valence-corrected chi connectivity index (χ2v) is 5.38. The van der Waals surface area contributed by atoms with Crippen molar-refractivity contribution in [1.82, 2.24) is 14.9 Å². The van der Waals surface area contributed by atoms with Crippen LogP contribution < -0.4 is 5.32 Å². The van der Waals surface area contributed by atoms with Crippen LogP contribution in [0.3, 0.4) is 0 Å². The van der Waals surface area contributed by atoms with Gasteiger partial charge in [-0.25, -0.2) is 4.98 Å². The molecule has 96 valence electrons. The Morgan fingerprint density at radius 1 is 1.33 bits per heavy atom. The molecule has 0 saturated heterocycles. The summed E-state index contributed by atoms with van der Waals surface area (Å²) in [7, 11) is 4.00. The van der Waals surface area contributed by atoms with E-state index in [1.54, 1.807) is 11.3 Å². The van der Waals surface area contributed by atoms with Gasteiger partial charge in [-0.1, -0.05) is 0 Å². The van der Waals surface area contributed by atoms with Gasteiger partial charge in [0.1, 0.15) is 0 Å². The largest absolute Gasteiger partial charge is 0.388 e. The van der Waals surface area contributed by atoms with Crippen LogP contribution >= 0.6 is 11.3 Å². The van der Waals surface area contributed by atoms with Gasteiger partial charge in [-0.2, -0.15) is 0 Å². The molecular formula is C13H18N4S. The number of hydrogen-bond acceptors (Lipinski definition) is 5. The smallest absolute Gasteiger partial charge is 0.0897 e. The average Bonchev–Trinajstić information content (AvgIpc) is 2.74. The number of rotatable bonds is 5. The number of nitrogens with one attached hydrogen (secondary N) is 1. The lowest BCUT2D eigenvalue weighted by atomic mass is 10.3. The molecule has 4 nitrogen and oxygen atoms in total. The molecule has 0 bridgehead atoms. The van der Waals surface area contributed by atoms with Crippen molar-refractivity contribution in [2.24, 2.45) is 0 Å². The van der Waals surface area contributed by atoms with E-state index in [0.29, 0.717) is 0 Å². The molecule has 18 heavy (non-hydrogen) atoms. The molecule has 0 atom stereocenters. The normalized spacial score (nSPS) is 10.9. The number of hydrogen-bond donors (Lipinski definition) is 1. The molecule has 2 rings (SSSR count). The molecule has 0 unspecified atom stereocenters. The summed E-state index contributed by atoms with van der Waals surface area (Å²) in [5.41, 5.74) is 3.29. The average molecular weight is 262 g/mol. The van der Waals surface area contributed by atoms with Crippen LogP contribution in [0.25, 0.3) is 0 Å². The van der Waals surface area contributed by atoms with E-state index in [0.717, 1.165) is 35.2 Å². The van der Waals surface area contributed by atoms with Gasteiger partial charge in [0.05, 0.1) is 16.4 Å². The fourth-order valence-corrected chi connectivity index (χ4v) is 2.41. The summed E-state index contributed by atoms with van der Waals surface area (Å²) in [6, 6.07) is 4.04. The van der Waals surface area contributed by atoms with E-state index in [-0.39, 0.29) is 0 Å². The number of thiazole rings is 1. The van der Waals surface area contributed by atoms with Crippen LogP contribution in [-0.2, 0) is 13.1 Å². The van der Waals surface area contributed by atoms with E-state index < -0.39 is 0 Å². The second-order valence-electron chi connectivity index (χ2n) is 4.32. The van der Waals surface area contributed by atoms with Crippen molar-refractivity contribution < 1.29 is 0 Å². The quantitative estimate of drug-likeness (QED) is 0.899. The van der Waals surface area contributed by atoms with E-state index in [2.05, 4.69) is 38.7 Å². The third-order valence-corrected chi connectivity index (χ3v) is 3.46. The van der Waals surface area contributed by atoms with E-state index in [4.69, 9.17) is 0 Å². The molecule has 2 heterocycles. The molecule has 2 aromatic heterocycles. The summed E-state index contributed by atoms with van der Waals surface area (Å²) in [5, 5.41) is 6.36. The molecule has 2 aromatic rings. The molecule has 0 aliphatic rings. The number of aryl methyl sites for hydroxylation is 1. The fraction of sp³-hybridized carbons (Fsp3) is 0.385. The minimum absolute atomic E-state index is 0.825. The Bertz CT molecular complexity index is 509. The Morgan fingerprint density at radius 3 is 2.78 bits per heavy atom. The minimum Gasteiger partial charge on any atom is -0.388 e. The Hall–Kier alpha value is -1.46. The number of aromatic nitrogens is 2. The van der Waals surface area contributed by atoms with Crippen molar-refractivity contribution in [3.8, 4) is 0 Å². The van der Waals surface area contributed by atoms with Crippen LogP contribution in [-0.4, -0.2) is 29.0 Å². The first-order valence-corrected chi connectivity index (χ1v) is 6.77. The van der Waals surface area contributed by atoms with Crippen LogP contribution in [0.2, 0.25) is 0 Å². The Morgan fingerprint density at radius 2 is 2.11 bits per heavy atom. The molecule has 1 N–H and O–H groups in total. The SMILES string of the molecule is CNc1ccnc(CN(C)Cc2csc(C)n2)c1. The van der Waals surface area contributed by atoms with Crippen LogP contribution in [0, 0.1) is 6.92 Å². The van der Waals surface area contributed by atoms with Crippen LogP contribution in [0.5, 0.6) is 0 Å². The van der Waals surface area contributed by atoms with Crippen LogP contribution in [0.15, 0.2) is 23.7 Å². The zero-order valence-electron chi connectivity index (χ0n) is 11.0. The van der Waals surface area contributed by atoms with E-state index in [1.165, 1.54) is 0 Å². The van der Waals surface area contributed by atoms with Gasteiger partial charge in [-0.3, -0.25) is 9.88 Å². The maximum absolute atomic E-state index is 4.47. The zero-order valence-corrected chi connectivity index (χ0v) is 11.8. The molecule has 0 radical (unpaired) electrons. The highest BCUT2D eigenvalue weighted by Gasteiger charge is 2.05. The van der Waals surface area contributed by atoms with Gasteiger partial charge < -0.3 is 5.32 Å². The van der Waals surface area contributed by atoms with Gasteiger partial charge in [0.15, 0.2) is 0 Å². The third kappa shape index (κ3) is 3.51. The third-order valence-electron chi connectivity index (χ3n) is 2.64. The lowest BCUT2D eigenvalue weighted by Gasteiger charge is -2.15. The van der Waals surface area contributed by atoms with Crippen molar-refractivity contribution in [3.05, 3.63) is 40.1 Å². The molecule has 0 saturated carbocycles. The van der Waals surface area contributed by atoms with Crippen molar-refractivity contribution in [2.45, 2.75) is 20.0 Å². The predicted octanol–water partition coefficient (Wildman–Crippen LogP) is 2.52. The summed E-state index contributed by atoms with van der Waals surface area (Å²) in [5.74, 6) is 0. The van der Waals surface area contributed by atoms with Crippen molar-refractivity contribution >= 4 is 17.0 Å². The molecule has 0 fully saturated rings. The summed E-state index contributed by atoms with van der Waals surface area (Å²) < 4.78 is 0. The topological polar surface area (TPSA) is 41.1 Å². The van der Waals surface area contributed by atoms with Crippen molar-refractivity contribution in [2.75, 3.05) is 19.4 Å². The Labute approximate surface area is 112 Å². The predicted molar refractivity (Wildman–Crippen MR) is 75.8 cm³/mol. The molecule has 0 spiro atoms. The number of pyridine rings is 1. The lowest BCUT2D eigenvalue weighted by molar-refractivity contribution is 0.312. The first-order chi connectivity index (χ1) is 8.67. The Kier molecular flexibility index (Phi) is 4.28. The van der Waals surface area contributed by atoms with Crippen molar-refractivity contribution in [1.29, 1.82) is 0 Å². The van der Waals surface area contributed by atoms with Crippen LogP contribution in [0.4, 0.5) is 5.69 Å². The summed E-state index contributed by atoms with van der Waals surface area (Å²) >= 11 is 1.70. The van der Waals surface area contributed by atoms with Gasteiger partial charge in [-0.05, 0) is 26.1 Å². The molecule has 0 aliphatic heterocycles. The minimum atomic E-state index is 0.825. The summed E-state index contributed by atoms with van der Waals surface area (Å²) in [4.78, 5) is 11.1. The van der Waals surface area contributed by atoms with Crippen LogP contribution in [0.1, 0.15) is 16.4 Å². The Balaban J connectivity index is 1.96.